The molecule has 68 valence electrons. The molecular weight excluding hydrogens is 226 g/mol. The Morgan fingerprint density at radius 3 is 3.00 bits per heavy atom. The molecule has 0 heterocycles. The van der Waals surface area contributed by atoms with Crippen LogP contribution in [0.25, 0.3) is 0 Å². The fraction of sp³-hybridized carbons (Fsp3) is 0.455. The van der Waals surface area contributed by atoms with E-state index in [1.165, 1.54) is 16.5 Å². The number of benzene rings is 1. The average Bonchev–Trinajstić information content (AvgIpc) is 2.84. The zero-order chi connectivity index (χ0) is 9.00. The third-order valence-electron chi connectivity index (χ3n) is 3.36. The van der Waals surface area contributed by atoms with Gasteiger partial charge in [0.2, 0.25) is 0 Å². The molecule has 1 aromatic rings. The zero-order valence-electron chi connectivity index (χ0n) is 7.55. The minimum atomic E-state index is 0.619. The molecule has 1 unspecified atom stereocenters. The topological polar surface area (TPSA) is 12.0 Å². The maximum absolute atomic E-state index is 3.53. The Morgan fingerprint density at radius 2 is 2.23 bits per heavy atom. The van der Waals surface area contributed by atoms with Gasteiger partial charge >= 0.3 is 0 Å². The van der Waals surface area contributed by atoms with Crippen molar-refractivity contribution in [1.82, 2.24) is 5.32 Å². The summed E-state index contributed by atoms with van der Waals surface area (Å²) >= 11 is 3.53. The van der Waals surface area contributed by atoms with Crippen LogP contribution in [0.15, 0.2) is 22.7 Å². The summed E-state index contributed by atoms with van der Waals surface area (Å²) in [6.45, 7) is 0. The van der Waals surface area contributed by atoms with Gasteiger partial charge in [0.1, 0.15) is 0 Å². The highest BCUT2D eigenvalue weighted by molar-refractivity contribution is 9.10. The molecule has 2 heteroatoms. The van der Waals surface area contributed by atoms with Crippen LogP contribution in [0.1, 0.15) is 29.5 Å². The molecule has 2 aliphatic carbocycles. The van der Waals surface area contributed by atoms with Crippen LogP contribution in [0.2, 0.25) is 0 Å². The van der Waals surface area contributed by atoms with Gasteiger partial charge in [0.05, 0.1) is 0 Å². The highest BCUT2D eigenvalue weighted by atomic mass is 79.9. The van der Waals surface area contributed by atoms with Gasteiger partial charge in [-0.1, -0.05) is 22.0 Å². The Bertz CT molecular complexity index is 361. The number of rotatable bonds is 1. The van der Waals surface area contributed by atoms with E-state index in [0.717, 1.165) is 11.8 Å². The largest absolute Gasteiger partial charge is 0.313 e. The van der Waals surface area contributed by atoms with Crippen molar-refractivity contribution in [3.05, 3.63) is 33.8 Å². The maximum atomic E-state index is 3.53. The fourth-order valence-electron chi connectivity index (χ4n) is 2.69. The Morgan fingerprint density at radius 1 is 1.38 bits per heavy atom. The summed E-state index contributed by atoms with van der Waals surface area (Å²) in [5, 5.41) is 3.42. The summed E-state index contributed by atoms with van der Waals surface area (Å²) in [5.74, 6) is 1.74. The molecule has 1 aromatic carbocycles. The molecule has 2 aliphatic rings. The van der Waals surface area contributed by atoms with Crippen molar-refractivity contribution in [1.29, 1.82) is 0 Å². The summed E-state index contributed by atoms with van der Waals surface area (Å²) in [6.07, 6.45) is 1.38. The number of halogens is 1. The van der Waals surface area contributed by atoms with Crippen LogP contribution in [0.4, 0.5) is 0 Å². The monoisotopic (exact) mass is 237 g/mol. The lowest BCUT2D eigenvalue weighted by molar-refractivity contribution is 0.544. The lowest BCUT2D eigenvalue weighted by atomic mass is 10.0. The molecule has 0 amide bonds. The molecule has 1 fully saturated rings. The van der Waals surface area contributed by atoms with Crippen LogP contribution in [0, 0.1) is 5.92 Å². The molecule has 0 radical (unpaired) electrons. The first-order valence-corrected chi connectivity index (χ1v) is 5.57. The molecule has 3 atom stereocenters. The molecule has 3 rings (SSSR count). The molecule has 1 saturated carbocycles. The van der Waals surface area contributed by atoms with Crippen LogP contribution < -0.4 is 5.32 Å². The first kappa shape index (κ1) is 8.01. The first-order valence-electron chi connectivity index (χ1n) is 4.78. The lowest BCUT2D eigenvalue weighted by Gasteiger charge is -2.13. The van der Waals surface area contributed by atoms with Crippen molar-refractivity contribution in [2.24, 2.45) is 5.92 Å². The second kappa shape index (κ2) is 2.58. The van der Waals surface area contributed by atoms with Gasteiger partial charge in [-0.2, -0.15) is 0 Å². The minimum absolute atomic E-state index is 0.619. The molecule has 0 spiro atoms. The van der Waals surface area contributed by atoms with Gasteiger partial charge in [0.15, 0.2) is 0 Å². The van der Waals surface area contributed by atoms with Crippen LogP contribution in [0.5, 0.6) is 0 Å². The highest BCUT2D eigenvalue weighted by Crippen LogP contribution is 2.61. The molecular formula is C11H12BrN. The maximum Gasteiger partial charge on any atom is 0.0355 e. The Kier molecular flexibility index (Phi) is 1.59. The molecule has 0 aliphatic heterocycles. The lowest BCUT2D eigenvalue weighted by Crippen LogP contribution is -2.16. The van der Waals surface area contributed by atoms with Gasteiger partial charge < -0.3 is 5.32 Å². The molecule has 0 bridgehead atoms. The summed E-state index contributed by atoms with van der Waals surface area (Å²) in [5.41, 5.74) is 3.09. The second-order valence-electron chi connectivity index (χ2n) is 4.05. The molecule has 1 nitrogen and oxygen atoms in total. The first-order chi connectivity index (χ1) is 6.31. The minimum Gasteiger partial charge on any atom is -0.313 e. The van der Waals surface area contributed by atoms with Gasteiger partial charge in [-0.15, -0.1) is 0 Å². The third kappa shape index (κ3) is 1.02. The van der Waals surface area contributed by atoms with Crippen molar-refractivity contribution in [2.45, 2.75) is 18.4 Å². The van der Waals surface area contributed by atoms with Gasteiger partial charge in [0, 0.05) is 10.5 Å². The number of nitrogens with one attached hydrogen (secondary N) is 1. The third-order valence-corrected chi connectivity index (χ3v) is 3.86. The van der Waals surface area contributed by atoms with Crippen molar-refractivity contribution in [3.8, 4) is 0 Å². The van der Waals surface area contributed by atoms with E-state index in [2.05, 4.69) is 46.5 Å². The van der Waals surface area contributed by atoms with Gasteiger partial charge in [-0.05, 0) is 48.6 Å². The molecule has 13 heavy (non-hydrogen) atoms. The highest BCUT2D eigenvalue weighted by Gasteiger charge is 2.51. The van der Waals surface area contributed by atoms with Crippen LogP contribution in [-0.2, 0) is 0 Å². The van der Waals surface area contributed by atoms with E-state index in [4.69, 9.17) is 0 Å². The van der Waals surface area contributed by atoms with E-state index in [9.17, 15) is 0 Å². The summed E-state index contributed by atoms with van der Waals surface area (Å²) in [7, 11) is 2.07. The zero-order valence-corrected chi connectivity index (χ0v) is 9.14. The van der Waals surface area contributed by atoms with E-state index in [1.807, 2.05) is 0 Å². The van der Waals surface area contributed by atoms with E-state index in [1.54, 1.807) is 5.56 Å². The van der Waals surface area contributed by atoms with Gasteiger partial charge in [-0.25, -0.2) is 0 Å². The van der Waals surface area contributed by atoms with Crippen LogP contribution >= 0.6 is 15.9 Å². The van der Waals surface area contributed by atoms with Crippen molar-refractivity contribution >= 4 is 15.9 Å². The average molecular weight is 238 g/mol. The van der Waals surface area contributed by atoms with Crippen LogP contribution in [-0.4, -0.2) is 7.05 Å². The Balaban J connectivity index is 2.12. The predicted octanol–water partition coefficient (Wildman–Crippen LogP) is 2.83. The summed E-state index contributed by atoms with van der Waals surface area (Å²) in [4.78, 5) is 0. The number of fused-ring (bicyclic) bond motifs is 3. The van der Waals surface area contributed by atoms with Crippen LogP contribution in [0.3, 0.4) is 0 Å². The molecule has 1 N–H and O–H groups in total. The van der Waals surface area contributed by atoms with Gasteiger partial charge in [-0.3, -0.25) is 0 Å². The number of hydrogen-bond donors (Lipinski definition) is 1. The Labute approximate surface area is 86.7 Å². The smallest absolute Gasteiger partial charge is 0.0355 e. The molecule has 0 aromatic heterocycles. The fourth-order valence-corrected chi connectivity index (χ4v) is 3.07. The van der Waals surface area contributed by atoms with Gasteiger partial charge in [0.25, 0.3) is 0 Å². The van der Waals surface area contributed by atoms with Crippen molar-refractivity contribution in [3.63, 3.8) is 0 Å². The van der Waals surface area contributed by atoms with Crippen molar-refractivity contribution < 1.29 is 0 Å². The van der Waals surface area contributed by atoms with E-state index >= 15 is 0 Å². The number of hydrogen-bond acceptors (Lipinski definition) is 1. The normalized spacial score (nSPS) is 34.2. The summed E-state index contributed by atoms with van der Waals surface area (Å²) < 4.78 is 1.22. The van der Waals surface area contributed by atoms with E-state index in [-0.39, 0.29) is 0 Å². The standard InChI is InChI=1S/C11H12BrN/c1-13-11-7-3-2-6(12)4-8(7)9-5-10(9)11/h2-4,9-11,13H,5H2,1H3/t9-,10-,11?/m1/s1. The molecule has 0 saturated heterocycles. The Hall–Kier alpha value is -0.340. The second-order valence-corrected chi connectivity index (χ2v) is 4.96. The SMILES string of the molecule is CNC1c2ccc(Br)cc2[C@H]2C[C@@H]12. The van der Waals surface area contributed by atoms with E-state index in [0.29, 0.717) is 6.04 Å². The summed E-state index contributed by atoms with van der Waals surface area (Å²) in [6, 6.07) is 7.31. The predicted molar refractivity (Wildman–Crippen MR) is 56.8 cm³/mol. The quantitative estimate of drug-likeness (QED) is 0.793. The van der Waals surface area contributed by atoms with E-state index < -0.39 is 0 Å². The van der Waals surface area contributed by atoms with Crippen molar-refractivity contribution in [2.75, 3.05) is 7.05 Å².